The first-order chi connectivity index (χ1) is 8.15. The van der Waals surface area contributed by atoms with Gasteiger partial charge in [0.25, 0.3) is 0 Å². The van der Waals surface area contributed by atoms with Crippen molar-refractivity contribution in [3.05, 3.63) is 0 Å². The average molecular weight is 255 g/mol. The number of Topliss-reactive ketones (excluding diaryl/α,β-unsaturated/α-hetero) is 1. The van der Waals surface area contributed by atoms with E-state index >= 15 is 0 Å². The topological polar surface area (TPSA) is 29.5 Å². The highest BCUT2D eigenvalue weighted by molar-refractivity contribution is 5.91. The lowest BCUT2D eigenvalue weighted by Crippen LogP contribution is -2.43. The first-order valence-electron chi connectivity index (χ1n) is 7.10. The van der Waals surface area contributed by atoms with Gasteiger partial charge in [-0.1, -0.05) is 13.8 Å². The Morgan fingerprint density at radius 1 is 1.22 bits per heavy atom. The van der Waals surface area contributed by atoms with Gasteiger partial charge in [-0.25, -0.2) is 0 Å². The third-order valence-electron chi connectivity index (χ3n) is 4.30. The number of carbonyl (C=O) groups excluding carboxylic acids is 1. The molecule has 3 heteroatoms. The second-order valence-corrected chi connectivity index (χ2v) is 6.54. The van der Waals surface area contributed by atoms with E-state index in [0.717, 1.165) is 19.4 Å². The Morgan fingerprint density at radius 2 is 1.72 bits per heavy atom. The van der Waals surface area contributed by atoms with Crippen molar-refractivity contribution in [2.75, 3.05) is 13.6 Å². The van der Waals surface area contributed by atoms with E-state index in [1.807, 2.05) is 27.7 Å². The molecular formula is C15H29NO2. The molecule has 0 saturated carbocycles. The third kappa shape index (κ3) is 2.94. The second-order valence-electron chi connectivity index (χ2n) is 6.54. The van der Waals surface area contributed by atoms with E-state index in [1.54, 1.807) is 0 Å². The van der Waals surface area contributed by atoms with Crippen LogP contribution in [0.5, 0.6) is 0 Å². The van der Waals surface area contributed by atoms with Crippen LogP contribution in [0.1, 0.15) is 54.4 Å². The van der Waals surface area contributed by atoms with Crippen LogP contribution in [0.25, 0.3) is 0 Å². The number of hydrogen-bond acceptors (Lipinski definition) is 3. The molecule has 0 bridgehead atoms. The molecule has 0 spiro atoms. The minimum atomic E-state index is -0.636. The Morgan fingerprint density at radius 3 is 2.06 bits per heavy atom. The van der Waals surface area contributed by atoms with Gasteiger partial charge in [0.05, 0.1) is 11.5 Å². The van der Waals surface area contributed by atoms with Gasteiger partial charge in [0.15, 0.2) is 5.78 Å². The number of carbonyl (C=O) groups is 1. The smallest absolute Gasteiger partial charge is 0.171 e. The summed E-state index contributed by atoms with van der Waals surface area (Å²) in [6.45, 7) is 13.0. The van der Waals surface area contributed by atoms with Gasteiger partial charge in [0, 0.05) is 12.6 Å². The Balaban J connectivity index is 2.80. The highest BCUT2D eigenvalue weighted by atomic mass is 16.5. The van der Waals surface area contributed by atoms with Crippen LogP contribution in [0.4, 0.5) is 0 Å². The van der Waals surface area contributed by atoms with E-state index in [-0.39, 0.29) is 17.3 Å². The van der Waals surface area contributed by atoms with Crippen molar-refractivity contribution in [1.29, 1.82) is 0 Å². The van der Waals surface area contributed by atoms with E-state index in [0.29, 0.717) is 6.04 Å². The summed E-state index contributed by atoms with van der Waals surface area (Å²) < 4.78 is 5.93. The first-order valence-corrected chi connectivity index (χ1v) is 7.10. The summed E-state index contributed by atoms with van der Waals surface area (Å²) >= 11 is 0. The SMILES string of the molecule is CCC(CC)N(C)CC1C(=O)C(C)(C)OC1(C)C. The summed E-state index contributed by atoms with van der Waals surface area (Å²) in [5, 5.41) is 0. The fourth-order valence-corrected chi connectivity index (χ4v) is 3.17. The predicted molar refractivity (Wildman–Crippen MR) is 74.7 cm³/mol. The summed E-state index contributed by atoms with van der Waals surface area (Å²) in [4.78, 5) is 14.7. The molecule has 1 heterocycles. The Hall–Kier alpha value is -0.410. The molecule has 1 aliphatic rings. The molecule has 0 amide bonds. The molecule has 106 valence electrons. The molecule has 1 aliphatic heterocycles. The van der Waals surface area contributed by atoms with Crippen molar-refractivity contribution < 1.29 is 9.53 Å². The zero-order chi connectivity index (χ0) is 14.1. The maximum absolute atomic E-state index is 12.4. The second kappa shape index (κ2) is 5.30. The quantitative estimate of drug-likeness (QED) is 0.756. The van der Waals surface area contributed by atoms with Crippen LogP contribution < -0.4 is 0 Å². The summed E-state index contributed by atoms with van der Waals surface area (Å²) in [7, 11) is 2.12. The number of rotatable bonds is 5. The number of ketones is 1. The van der Waals surface area contributed by atoms with Crippen LogP contribution in [-0.2, 0) is 9.53 Å². The molecule has 0 aromatic heterocycles. The molecule has 18 heavy (non-hydrogen) atoms. The normalized spacial score (nSPS) is 26.3. The molecule has 3 nitrogen and oxygen atoms in total. The highest BCUT2D eigenvalue weighted by Crippen LogP contribution is 2.39. The van der Waals surface area contributed by atoms with Crippen molar-refractivity contribution in [3.63, 3.8) is 0 Å². The van der Waals surface area contributed by atoms with Crippen molar-refractivity contribution >= 4 is 5.78 Å². The summed E-state index contributed by atoms with van der Waals surface area (Å²) in [6.07, 6.45) is 2.25. The molecule has 0 aromatic rings. The molecular weight excluding hydrogens is 226 g/mol. The number of ether oxygens (including phenoxy) is 1. The third-order valence-corrected chi connectivity index (χ3v) is 4.30. The van der Waals surface area contributed by atoms with Gasteiger partial charge in [-0.05, 0) is 47.6 Å². The molecule has 0 N–H and O–H groups in total. The molecule has 1 unspecified atom stereocenters. The van der Waals surface area contributed by atoms with Crippen LogP contribution in [0.15, 0.2) is 0 Å². The molecule has 1 fully saturated rings. The number of hydrogen-bond donors (Lipinski definition) is 0. The van der Waals surface area contributed by atoms with Gasteiger partial charge in [0.2, 0.25) is 0 Å². The minimum Gasteiger partial charge on any atom is -0.361 e. The van der Waals surface area contributed by atoms with Crippen molar-refractivity contribution in [2.24, 2.45) is 5.92 Å². The molecule has 1 saturated heterocycles. The number of nitrogens with zero attached hydrogens (tertiary/aromatic N) is 1. The van der Waals surface area contributed by atoms with Gasteiger partial charge < -0.3 is 9.64 Å². The minimum absolute atomic E-state index is 0.0295. The van der Waals surface area contributed by atoms with Crippen LogP contribution >= 0.6 is 0 Å². The van der Waals surface area contributed by atoms with E-state index in [9.17, 15) is 4.79 Å². The van der Waals surface area contributed by atoms with Gasteiger partial charge in [-0.15, -0.1) is 0 Å². The van der Waals surface area contributed by atoms with E-state index in [4.69, 9.17) is 4.74 Å². The zero-order valence-electron chi connectivity index (χ0n) is 13.0. The molecule has 0 radical (unpaired) electrons. The van der Waals surface area contributed by atoms with Crippen LogP contribution in [-0.4, -0.2) is 41.5 Å². The van der Waals surface area contributed by atoms with Gasteiger partial charge >= 0.3 is 0 Å². The monoisotopic (exact) mass is 255 g/mol. The standard InChI is InChI=1S/C15H29NO2/c1-8-11(9-2)16(7)10-12-13(17)15(5,6)18-14(12,3)4/h11-12H,8-10H2,1-7H3. The molecule has 1 atom stereocenters. The zero-order valence-corrected chi connectivity index (χ0v) is 13.0. The Labute approximate surface area is 112 Å². The molecule has 1 rings (SSSR count). The lowest BCUT2D eigenvalue weighted by molar-refractivity contribution is -0.132. The van der Waals surface area contributed by atoms with E-state index in [1.165, 1.54) is 0 Å². The largest absolute Gasteiger partial charge is 0.361 e. The van der Waals surface area contributed by atoms with Gasteiger partial charge in [-0.3, -0.25) is 4.79 Å². The molecule has 0 aromatic carbocycles. The van der Waals surface area contributed by atoms with Crippen molar-refractivity contribution in [3.8, 4) is 0 Å². The average Bonchev–Trinajstić information content (AvgIpc) is 2.38. The molecule has 0 aliphatic carbocycles. The maximum atomic E-state index is 12.4. The summed E-state index contributed by atoms with van der Waals surface area (Å²) in [5.74, 6) is 0.211. The van der Waals surface area contributed by atoms with Gasteiger partial charge in [-0.2, -0.15) is 0 Å². The highest BCUT2D eigenvalue weighted by Gasteiger charge is 2.53. The summed E-state index contributed by atoms with van der Waals surface area (Å²) in [6, 6.07) is 0.553. The van der Waals surface area contributed by atoms with Crippen LogP contribution in [0, 0.1) is 5.92 Å². The lowest BCUT2D eigenvalue weighted by Gasteiger charge is -2.32. The fourth-order valence-electron chi connectivity index (χ4n) is 3.17. The predicted octanol–water partition coefficient (Wildman–Crippen LogP) is 2.88. The van der Waals surface area contributed by atoms with Crippen LogP contribution in [0.3, 0.4) is 0 Å². The first kappa shape index (κ1) is 15.6. The van der Waals surface area contributed by atoms with E-state index < -0.39 is 5.60 Å². The fraction of sp³-hybridized carbons (Fsp3) is 0.933. The van der Waals surface area contributed by atoms with Crippen LogP contribution in [0.2, 0.25) is 0 Å². The van der Waals surface area contributed by atoms with Crippen molar-refractivity contribution in [1.82, 2.24) is 4.90 Å². The van der Waals surface area contributed by atoms with Crippen molar-refractivity contribution in [2.45, 2.75) is 71.6 Å². The van der Waals surface area contributed by atoms with Gasteiger partial charge in [0.1, 0.15) is 5.60 Å². The van der Waals surface area contributed by atoms with E-state index in [2.05, 4.69) is 25.8 Å². The lowest BCUT2D eigenvalue weighted by atomic mass is 9.85. The Bertz CT molecular complexity index is 306. The maximum Gasteiger partial charge on any atom is 0.171 e. The summed E-state index contributed by atoms with van der Waals surface area (Å²) in [5.41, 5.74) is -0.996. The Kier molecular flexibility index (Phi) is 4.60.